The Labute approximate surface area is 231 Å². The molecule has 4 unspecified atom stereocenters. The van der Waals surface area contributed by atoms with Gasteiger partial charge in [0.25, 0.3) is 0 Å². The van der Waals surface area contributed by atoms with Crippen molar-refractivity contribution in [3.05, 3.63) is 132 Å². The molecule has 3 amide bonds. The molecular weight excluding hydrogens is 509 g/mol. The number of hydrogen-bond donors (Lipinski definition) is 2. The van der Waals surface area contributed by atoms with Crippen molar-refractivity contribution in [3.8, 4) is 5.75 Å². The minimum atomic E-state index is -1.16. The number of hydrogen-bond acceptors (Lipinski definition) is 4. The summed E-state index contributed by atoms with van der Waals surface area (Å²) in [7, 11) is 1.54. The highest BCUT2D eigenvalue weighted by Gasteiger charge is 2.57. The Morgan fingerprint density at radius 2 is 1.40 bits per heavy atom. The standard InChI is InChI=1S/C32H28FN3O4/c1-40-25-18-12-21(13-19-25)28-27(30(37)22-10-6-3-7-11-22)26(20-8-4-2-5-9-20)29(31(34)38)36(28)32(39)35-24-16-14-23(33)15-17-24/h2-19,26-29H,1H3,(H2,34,38)(H,35,39). The van der Waals surface area contributed by atoms with Crippen molar-refractivity contribution in [2.75, 3.05) is 12.4 Å². The van der Waals surface area contributed by atoms with Gasteiger partial charge in [0.05, 0.1) is 19.1 Å². The molecule has 0 saturated carbocycles. The van der Waals surface area contributed by atoms with Crippen molar-refractivity contribution in [1.29, 1.82) is 0 Å². The number of amides is 3. The third kappa shape index (κ3) is 5.16. The number of nitrogens with two attached hydrogens (primary N) is 1. The fraction of sp³-hybridized carbons (Fsp3) is 0.156. The quantitative estimate of drug-likeness (QED) is 0.301. The molecule has 7 nitrogen and oxygen atoms in total. The van der Waals surface area contributed by atoms with E-state index in [1.165, 1.54) is 29.2 Å². The number of ether oxygens (including phenoxy) is 1. The van der Waals surface area contributed by atoms with Crippen molar-refractivity contribution in [2.45, 2.75) is 18.0 Å². The van der Waals surface area contributed by atoms with Crippen LogP contribution in [-0.4, -0.2) is 35.8 Å². The third-order valence-electron chi connectivity index (χ3n) is 7.29. The molecule has 0 radical (unpaired) electrons. The van der Waals surface area contributed by atoms with Crippen molar-refractivity contribution in [2.24, 2.45) is 11.7 Å². The summed E-state index contributed by atoms with van der Waals surface area (Å²) in [5.74, 6) is -2.42. The number of methoxy groups -OCH3 is 1. The van der Waals surface area contributed by atoms with E-state index in [2.05, 4.69) is 5.32 Å². The van der Waals surface area contributed by atoms with Gasteiger partial charge in [0.2, 0.25) is 5.91 Å². The van der Waals surface area contributed by atoms with Gasteiger partial charge in [0.15, 0.2) is 5.78 Å². The third-order valence-corrected chi connectivity index (χ3v) is 7.29. The highest BCUT2D eigenvalue weighted by molar-refractivity contribution is 6.02. The summed E-state index contributed by atoms with van der Waals surface area (Å²) in [6.45, 7) is 0. The number of carbonyl (C=O) groups excluding carboxylic acids is 3. The number of ketones is 1. The van der Waals surface area contributed by atoms with Gasteiger partial charge in [0, 0.05) is 17.2 Å². The van der Waals surface area contributed by atoms with E-state index >= 15 is 0 Å². The molecule has 4 aromatic rings. The summed E-state index contributed by atoms with van der Waals surface area (Å²) >= 11 is 0. The van der Waals surface area contributed by atoms with Crippen LogP contribution in [0.3, 0.4) is 0 Å². The predicted octanol–water partition coefficient (Wildman–Crippen LogP) is 5.56. The zero-order valence-electron chi connectivity index (χ0n) is 21.7. The monoisotopic (exact) mass is 537 g/mol. The number of anilines is 1. The minimum absolute atomic E-state index is 0.224. The molecule has 0 spiro atoms. The van der Waals surface area contributed by atoms with Crippen LogP contribution in [0.25, 0.3) is 0 Å². The molecule has 8 heteroatoms. The molecule has 40 heavy (non-hydrogen) atoms. The topological polar surface area (TPSA) is 102 Å². The van der Waals surface area contributed by atoms with Crippen LogP contribution in [0.15, 0.2) is 109 Å². The fourth-order valence-electron chi connectivity index (χ4n) is 5.54. The molecule has 1 heterocycles. The van der Waals surface area contributed by atoms with Crippen molar-refractivity contribution in [3.63, 3.8) is 0 Å². The van der Waals surface area contributed by atoms with Crippen LogP contribution in [0, 0.1) is 11.7 Å². The SMILES string of the molecule is COc1ccc(C2C(C(=O)c3ccccc3)C(c3ccccc3)C(C(N)=O)N2C(=O)Nc2ccc(F)cc2)cc1. The second-order valence-corrected chi connectivity index (χ2v) is 9.60. The molecule has 1 aliphatic heterocycles. The van der Waals surface area contributed by atoms with Crippen LogP contribution < -0.4 is 15.8 Å². The summed E-state index contributed by atoms with van der Waals surface area (Å²) in [5.41, 5.74) is 8.14. The Balaban J connectivity index is 1.70. The molecule has 0 aromatic heterocycles. The predicted molar refractivity (Wildman–Crippen MR) is 149 cm³/mol. The lowest BCUT2D eigenvalue weighted by Crippen LogP contribution is -2.48. The highest BCUT2D eigenvalue weighted by atomic mass is 19.1. The van der Waals surface area contributed by atoms with E-state index in [4.69, 9.17) is 10.5 Å². The maximum Gasteiger partial charge on any atom is 0.323 e. The van der Waals surface area contributed by atoms with Gasteiger partial charge < -0.3 is 20.7 Å². The minimum Gasteiger partial charge on any atom is -0.497 e. The largest absolute Gasteiger partial charge is 0.497 e. The molecule has 4 aromatic carbocycles. The van der Waals surface area contributed by atoms with Crippen LogP contribution in [-0.2, 0) is 4.79 Å². The number of primary amides is 1. The number of urea groups is 1. The van der Waals surface area contributed by atoms with Crippen molar-refractivity contribution >= 4 is 23.4 Å². The molecule has 0 bridgehead atoms. The lowest BCUT2D eigenvalue weighted by atomic mass is 9.76. The Hall–Kier alpha value is -4.98. The molecule has 3 N–H and O–H groups in total. The van der Waals surface area contributed by atoms with Crippen LogP contribution >= 0.6 is 0 Å². The van der Waals surface area contributed by atoms with E-state index in [0.717, 1.165) is 0 Å². The summed E-state index contributed by atoms with van der Waals surface area (Å²) in [6.07, 6.45) is 0. The Morgan fingerprint density at radius 3 is 1.98 bits per heavy atom. The average molecular weight is 538 g/mol. The van der Waals surface area contributed by atoms with Gasteiger partial charge in [-0.2, -0.15) is 0 Å². The zero-order chi connectivity index (χ0) is 28.2. The van der Waals surface area contributed by atoms with Crippen molar-refractivity contribution < 1.29 is 23.5 Å². The lowest BCUT2D eigenvalue weighted by Gasteiger charge is -2.31. The molecule has 1 aliphatic rings. The lowest BCUT2D eigenvalue weighted by molar-refractivity contribution is -0.122. The number of carbonyl (C=O) groups is 3. The summed E-state index contributed by atoms with van der Waals surface area (Å²) in [4.78, 5) is 42.8. The molecule has 0 aliphatic carbocycles. The molecule has 4 atom stereocenters. The second-order valence-electron chi connectivity index (χ2n) is 9.60. The molecule has 202 valence electrons. The first kappa shape index (κ1) is 26.6. The van der Waals surface area contributed by atoms with Gasteiger partial charge in [-0.1, -0.05) is 72.8 Å². The van der Waals surface area contributed by atoms with Crippen molar-refractivity contribution in [1.82, 2.24) is 4.90 Å². The molecule has 1 fully saturated rings. The highest BCUT2D eigenvalue weighted by Crippen LogP contribution is 2.51. The smallest absolute Gasteiger partial charge is 0.323 e. The number of rotatable bonds is 7. The normalized spacial score (nSPS) is 20.1. The number of nitrogens with zero attached hydrogens (tertiary/aromatic N) is 1. The first-order valence-corrected chi connectivity index (χ1v) is 12.8. The fourth-order valence-corrected chi connectivity index (χ4v) is 5.54. The van der Waals surface area contributed by atoms with E-state index in [9.17, 15) is 18.8 Å². The number of Topliss-reactive ketones (excluding diaryl/α,β-unsaturated/α-hetero) is 1. The zero-order valence-corrected chi connectivity index (χ0v) is 21.7. The molecular formula is C32H28FN3O4. The maximum atomic E-state index is 14.3. The van der Waals surface area contributed by atoms with E-state index in [1.807, 2.05) is 36.4 Å². The van der Waals surface area contributed by atoms with E-state index in [1.54, 1.807) is 55.6 Å². The van der Waals surface area contributed by atoms with Crippen LogP contribution in [0.5, 0.6) is 5.75 Å². The first-order valence-electron chi connectivity index (χ1n) is 12.8. The Kier molecular flexibility index (Phi) is 7.59. The first-order chi connectivity index (χ1) is 19.4. The molecule has 5 rings (SSSR count). The van der Waals surface area contributed by atoms with Gasteiger partial charge in [-0.25, -0.2) is 9.18 Å². The second kappa shape index (κ2) is 11.4. The van der Waals surface area contributed by atoms with Gasteiger partial charge in [0.1, 0.15) is 17.6 Å². The summed E-state index contributed by atoms with van der Waals surface area (Å²) in [5, 5.41) is 2.77. The number of likely N-dealkylation sites (tertiary alicyclic amines) is 1. The van der Waals surface area contributed by atoms with Crippen LogP contribution in [0.2, 0.25) is 0 Å². The Morgan fingerprint density at radius 1 is 0.800 bits per heavy atom. The number of nitrogens with one attached hydrogen (secondary N) is 1. The van der Waals surface area contributed by atoms with Crippen LogP contribution in [0.4, 0.5) is 14.9 Å². The number of benzene rings is 4. The summed E-state index contributed by atoms with van der Waals surface area (Å²) < 4.78 is 18.9. The number of halogens is 1. The van der Waals surface area contributed by atoms with Gasteiger partial charge >= 0.3 is 6.03 Å². The van der Waals surface area contributed by atoms with Crippen LogP contribution in [0.1, 0.15) is 33.4 Å². The summed E-state index contributed by atoms with van der Waals surface area (Å²) in [6, 6.07) is 27.6. The maximum absolute atomic E-state index is 14.3. The van der Waals surface area contributed by atoms with E-state index in [-0.39, 0.29) is 5.78 Å². The van der Waals surface area contributed by atoms with Gasteiger partial charge in [-0.3, -0.25) is 9.59 Å². The van der Waals surface area contributed by atoms with E-state index in [0.29, 0.717) is 28.1 Å². The van der Waals surface area contributed by atoms with Gasteiger partial charge in [-0.15, -0.1) is 0 Å². The Bertz CT molecular complexity index is 1500. The average Bonchev–Trinajstić information content (AvgIpc) is 3.35. The van der Waals surface area contributed by atoms with E-state index < -0.39 is 41.7 Å². The van der Waals surface area contributed by atoms with Gasteiger partial charge in [-0.05, 0) is 47.5 Å². The molecule has 1 saturated heterocycles.